The molecule has 1 aromatic carbocycles. The average molecular weight is 479 g/mol. The Labute approximate surface area is 201 Å². The van der Waals surface area contributed by atoms with E-state index in [1.807, 2.05) is 48.2 Å². The van der Waals surface area contributed by atoms with Gasteiger partial charge < -0.3 is 19.7 Å². The first-order chi connectivity index (χ1) is 16.5. The number of nitrogens with one attached hydrogen (secondary N) is 1. The molecule has 1 N–H and O–H groups in total. The maximum Gasteiger partial charge on any atom is 0.325 e. The van der Waals surface area contributed by atoms with E-state index in [4.69, 9.17) is 9.47 Å². The molecule has 4 heterocycles. The van der Waals surface area contributed by atoms with Gasteiger partial charge in [-0.3, -0.25) is 14.3 Å². The third kappa shape index (κ3) is 3.91. The van der Waals surface area contributed by atoms with Gasteiger partial charge >= 0.3 is 6.03 Å². The van der Waals surface area contributed by atoms with Crippen LogP contribution in [0.15, 0.2) is 42.6 Å². The van der Waals surface area contributed by atoms with Gasteiger partial charge in [0, 0.05) is 44.0 Å². The second-order valence-corrected chi connectivity index (χ2v) is 9.44. The molecule has 1 saturated heterocycles. The van der Waals surface area contributed by atoms with Crippen molar-refractivity contribution in [1.29, 1.82) is 0 Å². The molecule has 3 aromatic heterocycles. The van der Waals surface area contributed by atoms with E-state index in [0.717, 1.165) is 46.2 Å². The number of hydrogen-bond acceptors (Lipinski definition) is 6. The molecule has 0 saturated carbocycles. The molecule has 1 atom stereocenters. The van der Waals surface area contributed by atoms with Gasteiger partial charge in [0.15, 0.2) is 0 Å². The van der Waals surface area contributed by atoms with Crippen molar-refractivity contribution in [3.05, 3.63) is 53.2 Å². The summed E-state index contributed by atoms with van der Waals surface area (Å²) in [7, 11) is 3.28. The number of ether oxygens (including phenoxy) is 2. The number of amides is 2. The molecule has 0 aliphatic carbocycles. The minimum absolute atomic E-state index is 0.0148. The van der Waals surface area contributed by atoms with Crippen LogP contribution >= 0.6 is 11.3 Å². The maximum absolute atomic E-state index is 13.2. The molecule has 0 bridgehead atoms. The molecule has 34 heavy (non-hydrogen) atoms. The van der Waals surface area contributed by atoms with E-state index >= 15 is 0 Å². The number of rotatable bonds is 5. The standard InChI is InChI=1S/C25H26N4O4S/c1-15-11-16-12-18(6-7-20(16)29(15)25(31)26-2)33-21-8-9-27-19-13-22(34-23(19)21)24(30)28-10-4-5-17(28)14-32-3/h6-9,11-13,17H,4-5,10,14H2,1-3H3,(H,26,31)/t17-/m0/s1. The number of aromatic nitrogens is 2. The van der Waals surface area contributed by atoms with Gasteiger partial charge in [-0.15, -0.1) is 11.3 Å². The molecular weight excluding hydrogens is 452 g/mol. The summed E-state index contributed by atoms with van der Waals surface area (Å²) in [6.07, 6.45) is 3.63. The number of benzene rings is 1. The quantitative estimate of drug-likeness (QED) is 0.446. The molecule has 1 aliphatic rings. The molecule has 9 heteroatoms. The van der Waals surface area contributed by atoms with Crippen LogP contribution < -0.4 is 10.1 Å². The number of likely N-dealkylation sites (tertiary alicyclic amines) is 1. The van der Waals surface area contributed by atoms with Gasteiger partial charge in [0.05, 0.1) is 33.3 Å². The fourth-order valence-corrected chi connectivity index (χ4v) is 5.64. The first-order valence-corrected chi connectivity index (χ1v) is 12.0. The van der Waals surface area contributed by atoms with Crippen molar-refractivity contribution in [1.82, 2.24) is 19.8 Å². The van der Waals surface area contributed by atoms with Crippen molar-refractivity contribution in [3.8, 4) is 11.5 Å². The van der Waals surface area contributed by atoms with Crippen molar-refractivity contribution in [2.45, 2.75) is 25.8 Å². The first-order valence-electron chi connectivity index (χ1n) is 11.2. The Morgan fingerprint density at radius 1 is 1.24 bits per heavy atom. The fourth-order valence-electron chi connectivity index (χ4n) is 4.61. The number of pyridine rings is 1. The summed E-state index contributed by atoms with van der Waals surface area (Å²) in [5.41, 5.74) is 2.38. The van der Waals surface area contributed by atoms with Gasteiger partial charge in [0.1, 0.15) is 11.5 Å². The smallest absolute Gasteiger partial charge is 0.325 e. The van der Waals surface area contributed by atoms with E-state index in [1.165, 1.54) is 11.3 Å². The predicted molar refractivity (Wildman–Crippen MR) is 132 cm³/mol. The molecule has 176 valence electrons. The molecule has 5 rings (SSSR count). The van der Waals surface area contributed by atoms with Crippen LogP contribution in [0.25, 0.3) is 21.1 Å². The number of nitrogens with zero attached hydrogens (tertiary/aromatic N) is 3. The lowest BCUT2D eigenvalue weighted by atomic mass is 10.2. The van der Waals surface area contributed by atoms with Crippen LogP contribution in [0, 0.1) is 6.92 Å². The van der Waals surface area contributed by atoms with Crippen LogP contribution in [0.4, 0.5) is 4.79 Å². The highest BCUT2D eigenvalue weighted by atomic mass is 32.1. The topological polar surface area (TPSA) is 85.7 Å². The van der Waals surface area contributed by atoms with E-state index < -0.39 is 0 Å². The van der Waals surface area contributed by atoms with Gasteiger partial charge in [-0.1, -0.05) is 0 Å². The van der Waals surface area contributed by atoms with Gasteiger partial charge in [-0.2, -0.15) is 0 Å². The number of hydrogen-bond donors (Lipinski definition) is 1. The normalized spacial score (nSPS) is 15.9. The lowest BCUT2D eigenvalue weighted by molar-refractivity contribution is 0.0635. The Morgan fingerprint density at radius 2 is 2.09 bits per heavy atom. The molecule has 4 aromatic rings. The highest BCUT2D eigenvalue weighted by Crippen LogP contribution is 2.37. The zero-order chi connectivity index (χ0) is 23.8. The number of carbonyl (C=O) groups is 2. The number of methoxy groups -OCH3 is 1. The minimum Gasteiger partial charge on any atom is -0.456 e. The summed E-state index contributed by atoms with van der Waals surface area (Å²) in [6, 6.07) is 11.2. The predicted octanol–water partition coefficient (Wildman–Crippen LogP) is 4.79. The maximum atomic E-state index is 13.2. The SMILES string of the molecule is CNC(=O)n1c(C)cc2cc(Oc3ccnc4cc(C(=O)N5CCC[C@H]5COC)sc34)ccc21. The van der Waals surface area contributed by atoms with Crippen LogP contribution in [-0.2, 0) is 4.74 Å². The van der Waals surface area contributed by atoms with E-state index in [-0.39, 0.29) is 18.0 Å². The Bertz CT molecular complexity index is 1390. The molecule has 8 nitrogen and oxygen atoms in total. The Kier molecular flexibility index (Phi) is 5.97. The Morgan fingerprint density at radius 3 is 2.88 bits per heavy atom. The number of aryl methyl sites for hydroxylation is 1. The van der Waals surface area contributed by atoms with Crippen molar-refractivity contribution >= 4 is 44.4 Å². The van der Waals surface area contributed by atoms with Crippen molar-refractivity contribution in [3.63, 3.8) is 0 Å². The van der Waals surface area contributed by atoms with Crippen LogP contribution in [0.2, 0.25) is 0 Å². The Hall–Kier alpha value is -3.43. The zero-order valence-corrected chi connectivity index (χ0v) is 20.1. The van der Waals surface area contributed by atoms with Crippen molar-refractivity contribution in [2.24, 2.45) is 0 Å². The van der Waals surface area contributed by atoms with E-state index in [0.29, 0.717) is 23.0 Å². The molecule has 1 aliphatic heterocycles. The van der Waals surface area contributed by atoms with Crippen LogP contribution in [-0.4, -0.2) is 59.7 Å². The molecule has 1 fully saturated rings. The first kappa shape index (κ1) is 22.4. The summed E-state index contributed by atoms with van der Waals surface area (Å²) in [5.74, 6) is 1.31. The van der Waals surface area contributed by atoms with Crippen molar-refractivity contribution < 1.29 is 19.1 Å². The van der Waals surface area contributed by atoms with Gasteiger partial charge in [0.25, 0.3) is 5.91 Å². The van der Waals surface area contributed by atoms with Crippen LogP contribution in [0.5, 0.6) is 11.5 Å². The monoisotopic (exact) mass is 478 g/mol. The summed E-state index contributed by atoms with van der Waals surface area (Å²) in [4.78, 5) is 32.4. The largest absolute Gasteiger partial charge is 0.456 e. The molecule has 0 spiro atoms. The lowest BCUT2D eigenvalue weighted by Crippen LogP contribution is -2.37. The summed E-state index contributed by atoms with van der Waals surface area (Å²) in [6.45, 7) is 3.18. The highest BCUT2D eigenvalue weighted by Gasteiger charge is 2.30. The summed E-state index contributed by atoms with van der Waals surface area (Å²) < 4.78 is 14.0. The van der Waals surface area contributed by atoms with E-state index in [2.05, 4.69) is 10.3 Å². The Balaban J connectivity index is 1.45. The van der Waals surface area contributed by atoms with E-state index in [9.17, 15) is 9.59 Å². The molecule has 0 radical (unpaired) electrons. The minimum atomic E-state index is -0.182. The second-order valence-electron chi connectivity index (χ2n) is 8.38. The fraction of sp³-hybridized carbons (Fsp3) is 0.320. The summed E-state index contributed by atoms with van der Waals surface area (Å²) in [5, 5.41) is 3.57. The van der Waals surface area contributed by atoms with Gasteiger partial charge in [-0.05, 0) is 50.1 Å². The lowest BCUT2D eigenvalue weighted by Gasteiger charge is -2.23. The second kappa shape index (κ2) is 9.08. The number of fused-ring (bicyclic) bond motifs is 2. The third-order valence-corrected chi connectivity index (χ3v) is 7.31. The number of thiophene rings is 1. The van der Waals surface area contributed by atoms with Gasteiger partial charge in [0.2, 0.25) is 0 Å². The highest BCUT2D eigenvalue weighted by molar-refractivity contribution is 7.21. The molecule has 0 unspecified atom stereocenters. The third-order valence-electron chi connectivity index (χ3n) is 6.19. The van der Waals surface area contributed by atoms with Crippen molar-refractivity contribution in [2.75, 3.05) is 27.3 Å². The average Bonchev–Trinajstić information content (AvgIpc) is 3.55. The van der Waals surface area contributed by atoms with Crippen LogP contribution in [0.3, 0.4) is 0 Å². The number of carbonyl (C=O) groups excluding carboxylic acids is 2. The van der Waals surface area contributed by atoms with Crippen LogP contribution in [0.1, 0.15) is 28.2 Å². The molecule has 2 amide bonds. The van der Waals surface area contributed by atoms with E-state index in [1.54, 1.807) is 24.9 Å². The molecular formula is C25H26N4O4S. The summed E-state index contributed by atoms with van der Waals surface area (Å²) >= 11 is 1.40. The zero-order valence-electron chi connectivity index (χ0n) is 19.3. The van der Waals surface area contributed by atoms with Gasteiger partial charge in [-0.25, -0.2) is 4.79 Å².